The summed E-state index contributed by atoms with van der Waals surface area (Å²) in [7, 11) is -3.07. The lowest BCUT2D eigenvalue weighted by molar-refractivity contribution is 0.213. The van der Waals surface area contributed by atoms with Crippen LogP contribution in [0.15, 0.2) is 12.2 Å². The van der Waals surface area contributed by atoms with Crippen molar-refractivity contribution in [3.05, 3.63) is 12.2 Å². The van der Waals surface area contributed by atoms with Crippen molar-refractivity contribution < 1.29 is 13.6 Å². The van der Waals surface area contributed by atoms with Crippen LogP contribution in [-0.4, -0.2) is 19.4 Å². The van der Waals surface area contributed by atoms with Crippen molar-refractivity contribution in [2.24, 2.45) is 0 Å². The molecule has 0 radical (unpaired) electrons. The van der Waals surface area contributed by atoms with Crippen molar-refractivity contribution in [3.8, 4) is 24.7 Å². The Hall–Kier alpha value is -0.990. The maximum Gasteiger partial charge on any atom is 0.334 e. The van der Waals surface area contributed by atoms with Gasteiger partial charge in [0.2, 0.25) is 0 Å². The molecule has 4 heteroatoms. The van der Waals surface area contributed by atoms with Gasteiger partial charge in [0.15, 0.2) is 0 Å². The van der Waals surface area contributed by atoms with Crippen LogP contribution in [0.2, 0.25) is 0 Å². The predicted octanol–water partition coefficient (Wildman–Crippen LogP) is 2.84. The van der Waals surface area contributed by atoms with E-state index >= 15 is 0 Å². The average Bonchev–Trinajstić information content (AvgIpc) is 2.27. The highest BCUT2D eigenvalue weighted by molar-refractivity contribution is 7.54. The summed E-state index contributed by atoms with van der Waals surface area (Å²) in [5.41, 5.74) is 0. The minimum atomic E-state index is -3.07. The monoisotopic (exact) mass is 240 g/mol. The Kier molecular flexibility index (Phi) is 8.68. The van der Waals surface area contributed by atoms with Gasteiger partial charge in [-0.2, -0.15) is 0 Å². The van der Waals surface area contributed by atoms with Crippen LogP contribution in [0, 0.1) is 24.7 Å². The molecule has 0 saturated heterocycles. The van der Waals surface area contributed by atoms with Gasteiger partial charge in [0.05, 0.1) is 19.4 Å². The molecule has 0 unspecified atom stereocenters. The number of hydrogen-bond acceptors (Lipinski definition) is 3. The van der Waals surface area contributed by atoms with Crippen LogP contribution in [0.25, 0.3) is 0 Å². The van der Waals surface area contributed by atoms with Crippen molar-refractivity contribution in [2.75, 3.05) is 19.4 Å². The highest BCUT2D eigenvalue weighted by Gasteiger charge is 2.22. The second-order valence-corrected chi connectivity index (χ2v) is 5.04. The van der Waals surface area contributed by atoms with Gasteiger partial charge in [-0.05, 0) is 6.92 Å². The van der Waals surface area contributed by atoms with E-state index in [-0.39, 0.29) is 19.4 Å². The van der Waals surface area contributed by atoms with Gasteiger partial charge < -0.3 is 9.05 Å². The minimum Gasteiger partial charge on any atom is -0.307 e. The Bertz CT molecular complexity index is 309. The fourth-order valence-electron chi connectivity index (χ4n) is 0.864. The van der Waals surface area contributed by atoms with Crippen LogP contribution in [0.1, 0.15) is 19.8 Å². The van der Waals surface area contributed by atoms with E-state index in [0.717, 1.165) is 0 Å². The Morgan fingerprint density at radius 1 is 1.19 bits per heavy atom. The van der Waals surface area contributed by atoms with E-state index in [1.807, 2.05) is 6.92 Å². The highest BCUT2D eigenvalue weighted by atomic mass is 31.2. The van der Waals surface area contributed by atoms with E-state index in [4.69, 9.17) is 21.9 Å². The lowest BCUT2D eigenvalue weighted by Gasteiger charge is -2.15. The molecule has 0 aliphatic heterocycles. The lowest BCUT2D eigenvalue weighted by atomic mass is 10.5. The van der Waals surface area contributed by atoms with Crippen LogP contribution in [0.3, 0.4) is 0 Å². The van der Waals surface area contributed by atoms with Gasteiger partial charge in [-0.1, -0.05) is 12.2 Å². The second-order valence-electron chi connectivity index (χ2n) is 2.94. The molecule has 0 aromatic rings. The largest absolute Gasteiger partial charge is 0.334 e. The maximum atomic E-state index is 12.1. The van der Waals surface area contributed by atoms with Gasteiger partial charge in [-0.3, -0.25) is 4.57 Å². The van der Waals surface area contributed by atoms with Crippen molar-refractivity contribution in [2.45, 2.75) is 19.8 Å². The van der Waals surface area contributed by atoms with Crippen LogP contribution in [-0.2, 0) is 13.6 Å². The van der Waals surface area contributed by atoms with Crippen molar-refractivity contribution >= 4 is 7.60 Å². The smallest absolute Gasteiger partial charge is 0.307 e. The third-order valence-electron chi connectivity index (χ3n) is 1.63. The summed E-state index contributed by atoms with van der Waals surface area (Å²) in [5, 5.41) is 0. The van der Waals surface area contributed by atoms with Gasteiger partial charge >= 0.3 is 7.60 Å². The fourth-order valence-corrected chi connectivity index (χ4v) is 2.36. The van der Waals surface area contributed by atoms with E-state index < -0.39 is 7.60 Å². The van der Waals surface area contributed by atoms with Crippen molar-refractivity contribution in [3.63, 3.8) is 0 Å². The Balaban J connectivity index is 4.20. The van der Waals surface area contributed by atoms with Gasteiger partial charge in [0.1, 0.15) is 0 Å². The Morgan fingerprint density at radius 3 is 2.06 bits per heavy atom. The first-order valence-electron chi connectivity index (χ1n) is 5.04. The summed E-state index contributed by atoms with van der Waals surface area (Å²) in [5.74, 6) is 4.82. The minimum absolute atomic E-state index is 0.237. The van der Waals surface area contributed by atoms with Crippen LogP contribution < -0.4 is 0 Å². The summed E-state index contributed by atoms with van der Waals surface area (Å²) in [6.45, 7) is 2.32. The summed E-state index contributed by atoms with van der Waals surface area (Å²) >= 11 is 0. The third-order valence-corrected chi connectivity index (χ3v) is 3.44. The molecule has 0 aromatic carbocycles. The van der Waals surface area contributed by atoms with E-state index in [1.165, 1.54) is 0 Å². The normalized spacial score (nSPS) is 11.2. The molecule has 0 bridgehead atoms. The van der Waals surface area contributed by atoms with Crippen molar-refractivity contribution in [1.29, 1.82) is 0 Å². The molecule has 0 atom stereocenters. The molecule has 0 fully saturated rings. The molecule has 0 rings (SSSR count). The van der Waals surface area contributed by atoms with Crippen LogP contribution in [0.5, 0.6) is 0 Å². The summed E-state index contributed by atoms with van der Waals surface area (Å²) < 4.78 is 22.5. The standard InChI is InChI=1S/C12H17O3P/c1-4-7-10-14-16(13,12-9-6-3)15-11-8-5-2/h1-2,6,9H,7-8,10-12H2,3H3. The van der Waals surface area contributed by atoms with Gasteiger partial charge in [-0.25, -0.2) is 0 Å². The van der Waals surface area contributed by atoms with E-state index in [9.17, 15) is 4.57 Å². The maximum absolute atomic E-state index is 12.1. The zero-order valence-corrected chi connectivity index (χ0v) is 10.4. The number of terminal acetylenes is 2. The number of rotatable bonds is 8. The molecule has 88 valence electrons. The topological polar surface area (TPSA) is 35.5 Å². The fraction of sp³-hybridized carbons (Fsp3) is 0.500. The zero-order valence-electron chi connectivity index (χ0n) is 9.52. The Labute approximate surface area is 97.8 Å². The van der Waals surface area contributed by atoms with Gasteiger partial charge in [0.25, 0.3) is 0 Å². The molecule has 0 heterocycles. The molecule has 0 aromatic heterocycles. The predicted molar refractivity (Wildman–Crippen MR) is 66.1 cm³/mol. The molecule has 0 N–H and O–H groups in total. The van der Waals surface area contributed by atoms with Gasteiger partial charge in [0, 0.05) is 12.8 Å². The molecule has 0 aliphatic rings. The molecule has 0 amide bonds. The molecule has 0 spiro atoms. The first-order valence-corrected chi connectivity index (χ1v) is 6.77. The number of allylic oxidation sites excluding steroid dienone is 2. The quantitative estimate of drug-likeness (QED) is 0.283. The average molecular weight is 240 g/mol. The van der Waals surface area contributed by atoms with Crippen molar-refractivity contribution in [1.82, 2.24) is 0 Å². The molecular weight excluding hydrogens is 223 g/mol. The van der Waals surface area contributed by atoms with E-state index in [1.54, 1.807) is 12.2 Å². The third kappa shape index (κ3) is 7.32. The second kappa shape index (κ2) is 9.25. The highest BCUT2D eigenvalue weighted by Crippen LogP contribution is 2.48. The molecule has 0 aliphatic carbocycles. The summed E-state index contributed by atoms with van der Waals surface area (Å²) in [4.78, 5) is 0. The summed E-state index contributed by atoms with van der Waals surface area (Å²) in [6, 6.07) is 0. The van der Waals surface area contributed by atoms with E-state index in [0.29, 0.717) is 12.8 Å². The zero-order chi connectivity index (χ0) is 12.3. The van der Waals surface area contributed by atoms with Crippen LogP contribution in [0.4, 0.5) is 0 Å². The van der Waals surface area contributed by atoms with E-state index in [2.05, 4.69) is 11.8 Å². The SMILES string of the molecule is C#CCCOP(=O)(CC=CC)OCCC#C. The van der Waals surface area contributed by atoms with Crippen LogP contribution >= 0.6 is 7.60 Å². The summed E-state index contributed by atoms with van der Waals surface area (Å²) in [6.07, 6.45) is 14.8. The first kappa shape index (κ1) is 15.0. The molecule has 16 heavy (non-hydrogen) atoms. The lowest BCUT2D eigenvalue weighted by Crippen LogP contribution is -2.01. The number of hydrogen-bond donors (Lipinski definition) is 0. The molecular formula is C12H17O3P. The molecule has 0 saturated carbocycles. The molecule has 3 nitrogen and oxygen atoms in total. The van der Waals surface area contributed by atoms with Gasteiger partial charge in [-0.15, -0.1) is 24.7 Å². The Morgan fingerprint density at radius 2 is 1.69 bits per heavy atom. The first-order chi connectivity index (χ1) is 7.68.